The van der Waals surface area contributed by atoms with Gasteiger partial charge < -0.3 is 19.5 Å². The highest BCUT2D eigenvalue weighted by molar-refractivity contribution is 5.44. The van der Waals surface area contributed by atoms with Gasteiger partial charge >= 0.3 is 0 Å². The van der Waals surface area contributed by atoms with Crippen LogP contribution in [-0.2, 0) is 4.74 Å². The lowest BCUT2D eigenvalue weighted by molar-refractivity contribution is 0.125. The van der Waals surface area contributed by atoms with E-state index in [1.165, 1.54) is 0 Å². The van der Waals surface area contributed by atoms with Crippen LogP contribution in [-0.4, -0.2) is 33.5 Å². The van der Waals surface area contributed by atoms with Crippen LogP contribution in [0.3, 0.4) is 0 Å². The zero-order chi connectivity index (χ0) is 14.1. The highest BCUT2D eigenvalue weighted by Gasteiger charge is 2.13. The molecular formula is C15H25NO3. The summed E-state index contributed by atoms with van der Waals surface area (Å²) < 4.78 is 16.7. The summed E-state index contributed by atoms with van der Waals surface area (Å²) in [5.41, 5.74) is 1.14. The molecule has 1 rings (SSSR count). The van der Waals surface area contributed by atoms with Gasteiger partial charge in [0, 0.05) is 6.61 Å². The van der Waals surface area contributed by atoms with Crippen molar-refractivity contribution >= 4 is 0 Å². The van der Waals surface area contributed by atoms with Crippen molar-refractivity contribution in [2.24, 2.45) is 0 Å². The predicted molar refractivity (Wildman–Crippen MR) is 77.1 cm³/mol. The molecule has 0 aromatic heterocycles. The van der Waals surface area contributed by atoms with Crippen molar-refractivity contribution in [2.75, 3.05) is 33.5 Å². The molecule has 1 aromatic carbocycles. The van der Waals surface area contributed by atoms with E-state index in [-0.39, 0.29) is 6.04 Å². The molecule has 108 valence electrons. The summed E-state index contributed by atoms with van der Waals surface area (Å²) in [5, 5.41) is 3.25. The van der Waals surface area contributed by atoms with Crippen molar-refractivity contribution in [3.63, 3.8) is 0 Å². The smallest absolute Gasteiger partial charge is 0.161 e. The third kappa shape index (κ3) is 4.73. The maximum absolute atomic E-state index is 5.64. The van der Waals surface area contributed by atoms with Gasteiger partial charge in [0.2, 0.25) is 0 Å². The second-order valence-electron chi connectivity index (χ2n) is 4.07. The van der Waals surface area contributed by atoms with Crippen LogP contribution in [0.4, 0.5) is 0 Å². The first-order chi connectivity index (χ1) is 9.26. The summed E-state index contributed by atoms with van der Waals surface area (Å²) in [7, 11) is 1.93. The molecule has 0 saturated heterocycles. The maximum Gasteiger partial charge on any atom is 0.161 e. The van der Waals surface area contributed by atoms with Gasteiger partial charge in [0.05, 0.1) is 25.9 Å². The van der Waals surface area contributed by atoms with Gasteiger partial charge in [-0.15, -0.1) is 0 Å². The van der Waals surface area contributed by atoms with Crippen molar-refractivity contribution < 1.29 is 14.2 Å². The fourth-order valence-electron chi connectivity index (χ4n) is 1.87. The lowest BCUT2D eigenvalue weighted by atomic mass is 10.1. The molecule has 0 fully saturated rings. The summed E-state index contributed by atoms with van der Waals surface area (Å²) in [6.45, 7) is 8.55. The van der Waals surface area contributed by atoms with E-state index in [0.717, 1.165) is 17.1 Å². The summed E-state index contributed by atoms with van der Waals surface area (Å²) in [5.74, 6) is 1.58. The van der Waals surface area contributed by atoms with E-state index in [2.05, 4.69) is 5.32 Å². The van der Waals surface area contributed by atoms with E-state index >= 15 is 0 Å². The first-order valence-corrected chi connectivity index (χ1v) is 6.91. The molecule has 19 heavy (non-hydrogen) atoms. The third-order valence-electron chi connectivity index (χ3n) is 2.81. The second kappa shape index (κ2) is 8.77. The van der Waals surface area contributed by atoms with E-state index in [9.17, 15) is 0 Å². The standard InChI is InChI=1S/C15H25NO3/c1-5-17-11-13(16-4)12-8-9-14(18-6-2)15(10-12)19-7-3/h8-10,13,16H,5-7,11H2,1-4H3. The van der Waals surface area contributed by atoms with Crippen LogP contribution in [0.1, 0.15) is 32.4 Å². The molecule has 0 spiro atoms. The van der Waals surface area contributed by atoms with Crippen LogP contribution in [0, 0.1) is 0 Å². The van der Waals surface area contributed by atoms with Crippen molar-refractivity contribution in [3.8, 4) is 11.5 Å². The third-order valence-corrected chi connectivity index (χ3v) is 2.81. The molecule has 0 aliphatic rings. The first-order valence-electron chi connectivity index (χ1n) is 6.91. The fourth-order valence-corrected chi connectivity index (χ4v) is 1.87. The molecule has 0 saturated carbocycles. The molecule has 0 aliphatic heterocycles. The maximum atomic E-state index is 5.64. The summed E-state index contributed by atoms with van der Waals surface area (Å²) in [4.78, 5) is 0. The number of nitrogens with one attached hydrogen (secondary N) is 1. The van der Waals surface area contributed by atoms with Gasteiger partial charge in [0.1, 0.15) is 0 Å². The van der Waals surface area contributed by atoms with Crippen molar-refractivity contribution in [2.45, 2.75) is 26.8 Å². The number of rotatable bonds is 9. The Hall–Kier alpha value is -1.26. The summed E-state index contributed by atoms with van der Waals surface area (Å²) >= 11 is 0. The molecule has 0 amide bonds. The Morgan fingerprint density at radius 3 is 2.26 bits per heavy atom. The van der Waals surface area contributed by atoms with Crippen molar-refractivity contribution in [3.05, 3.63) is 23.8 Å². The van der Waals surface area contributed by atoms with Crippen molar-refractivity contribution in [1.29, 1.82) is 0 Å². The van der Waals surface area contributed by atoms with Gasteiger partial charge in [-0.25, -0.2) is 0 Å². The molecule has 0 bridgehead atoms. The molecule has 1 unspecified atom stereocenters. The molecule has 1 N–H and O–H groups in total. The first kappa shape index (κ1) is 15.8. The number of likely N-dealkylation sites (N-methyl/N-ethyl adjacent to an activating group) is 1. The van der Waals surface area contributed by atoms with E-state index in [0.29, 0.717) is 26.4 Å². The molecule has 0 aliphatic carbocycles. The van der Waals surface area contributed by atoms with Crippen LogP contribution in [0.15, 0.2) is 18.2 Å². The van der Waals surface area contributed by atoms with Crippen LogP contribution in [0.2, 0.25) is 0 Å². The zero-order valence-corrected chi connectivity index (χ0v) is 12.4. The summed E-state index contributed by atoms with van der Waals surface area (Å²) in [6.07, 6.45) is 0. The molecule has 0 radical (unpaired) electrons. The van der Waals surface area contributed by atoms with Crippen LogP contribution in [0.25, 0.3) is 0 Å². The SMILES string of the molecule is CCOCC(NC)c1ccc(OCC)c(OCC)c1. The quantitative estimate of drug-likeness (QED) is 0.747. The topological polar surface area (TPSA) is 39.7 Å². The van der Waals surface area contributed by atoms with Crippen LogP contribution in [0.5, 0.6) is 11.5 Å². The number of ether oxygens (including phenoxy) is 3. The van der Waals surface area contributed by atoms with Gasteiger partial charge in [-0.2, -0.15) is 0 Å². The minimum absolute atomic E-state index is 0.162. The van der Waals surface area contributed by atoms with Gasteiger partial charge in [0.25, 0.3) is 0 Å². The second-order valence-corrected chi connectivity index (χ2v) is 4.07. The number of benzene rings is 1. The van der Waals surface area contributed by atoms with E-state index in [1.807, 2.05) is 46.0 Å². The highest BCUT2D eigenvalue weighted by Crippen LogP contribution is 2.30. The Morgan fingerprint density at radius 2 is 1.68 bits per heavy atom. The molecule has 1 aromatic rings. The normalized spacial score (nSPS) is 12.2. The van der Waals surface area contributed by atoms with Gasteiger partial charge in [-0.05, 0) is 45.5 Å². The van der Waals surface area contributed by atoms with E-state index < -0.39 is 0 Å². The van der Waals surface area contributed by atoms with Gasteiger partial charge in [0.15, 0.2) is 11.5 Å². The average molecular weight is 267 g/mol. The Bertz CT molecular complexity index is 368. The molecule has 4 nitrogen and oxygen atoms in total. The zero-order valence-electron chi connectivity index (χ0n) is 12.4. The number of hydrogen-bond donors (Lipinski definition) is 1. The monoisotopic (exact) mass is 267 g/mol. The van der Waals surface area contributed by atoms with E-state index in [1.54, 1.807) is 0 Å². The predicted octanol–water partition coefficient (Wildman–Crippen LogP) is 2.78. The Labute approximate surface area is 116 Å². The highest BCUT2D eigenvalue weighted by atomic mass is 16.5. The van der Waals surface area contributed by atoms with Crippen molar-refractivity contribution in [1.82, 2.24) is 5.32 Å². The molecular weight excluding hydrogens is 242 g/mol. The molecule has 0 heterocycles. The average Bonchev–Trinajstić information content (AvgIpc) is 2.43. The Balaban J connectivity index is 2.91. The Morgan fingerprint density at radius 1 is 1.00 bits per heavy atom. The lowest BCUT2D eigenvalue weighted by Gasteiger charge is -2.19. The lowest BCUT2D eigenvalue weighted by Crippen LogP contribution is -2.21. The Kier molecular flexibility index (Phi) is 7.30. The largest absolute Gasteiger partial charge is 0.490 e. The fraction of sp³-hybridized carbons (Fsp3) is 0.600. The summed E-state index contributed by atoms with van der Waals surface area (Å²) in [6, 6.07) is 6.19. The minimum Gasteiger partial charge on any atom is -0.490 e. The molecule has 1 atom stereocenters. The van der Waals surface area contributed by atoms with E-state index in [4.69, 9.17) is 14.2 Å². The number of hydrogen-bond acceptors (Lipinski definition) is 4. The van der Waals surface area contributed by atoms with Gasteiger partial charge in [-0.3, -0.25) is 0 Å². The van der Waals surface area contributed by atoms with Gasteiger partial charge in [-0.1, -0.05) is 6.07 Å². The van der Waals surface area contributed by atoms with Crippen LogP contribution >= 0.6 is 0 Å². The van der Waals surface area contributed by atoms with Crippen LogP contribution < -0.4 is 14.8 Å². The molecule has 4 heteroatoms. The minimum atomic E-state index is 0.162.